The number of rotatable bonds is 11. The summed E-state index contributed by atoms with van der Waals surface area (Å²) in [4.78, 5) is 4.96. The first-order valence-electron chi connectivity index (χ1n) is 22.0. The van der Waals surface area contributed by atoms with Gasteiger partial charge in [-0.1, -0.05) is 116 Å². The third kappa shape index (κ3) is 8.22. The van der Waals surface area contributed by atoms with Crippen molar-refractivity contribution in [3.05, 3.63) is 166 Å². The smallest absolute Gasteiger partial charge is 0.136 e. The van der Waals surface area contributed by atoms with Crippen molar-refractivity contribution in [3.8, 4) is 0 Å². The standard InChI is InChI=1S/C56H62N2O/c1-35(2)41-11-20-48(21-12-41)57(49-22-13-42(14-23-49)36(3)4)40(10)30-46-33-55-53(29-39(46)9)54-32-45-19-28-52(31-47(45)34-56(54)59-55)58(50-24-15-43(16-25-50)37(5)6)51-26-17-44(18-27-51)38(7)8/h11-17,19-24,26,28-38,50H,18,25,27H2,1-10H3/b40-30+. The summed E-state index contributed by atoms with van der Waals surface area (Å²) < 4.78 is 6.75. The van der Waals surface area contributed by atoms with E-state index in [0.29, 0.717) is 23.7 Å². The van der Waals surface area contributed by atoms with Gasteiger partial charge in [-0.25, -0.2) is 0 Å². The highest BCUT2D eigenvalue weighted by molar-refractivity contribution is 6.11. The Hall–Kier alpha value is -5.54. The van der Waals surface area contributed by atoms with E-state index in [1.54, 1.807) is 0 Å². The van der Waals surface area contributed by atoms with Crippen LogP contribution in [0, 0.1) is 18.8 Å². The van der Waals surface area contributed by atoms with Gasteiger partial charge in [0.25, 0.3) is 0 Å². The summed E-state index contributed by atoms with van der Waals surface area (Å²) in [5.74, 6) is 2.08. The maximum absolute atomic E-state index is 6.75. The second-order valence-corrected chi connectivity index (χ2v) is 18.2. The largest absolute Gasteiger partial charge is 0.456 e. The number of hydrogen-bond donors (Lipinski definition) is 0. The first-order chi connectivity index (χ1) is 28.3. The lowest BCUT2D eigenvalue weighted by molar-refractivity contribution is 0.661. The van der Waals surface area contributed by atoms with E-state index in [4.69, 9.17) is 4.42 Å². The Labute approximate surface area is 353 Å². The molecular formula is C56H62N2O. The van der Waals surface area contributed by atoms with Crippen LogP contribution in [0.3, 0.4) is 0 Å². The maximum Gasteiger partial charge on any atom is 0.136 e. The molecule has 3 nitrogen and oxygen atoms in total. The van der Waals surface area contributed by atoms with Gasteiger partial charge in [0.2, 0.25) is 0 Å². The van der Waals surface area contributed by atoms with E-state index in [1.807, 2.05) is 0 Å². The van der Waals surface area contributed by atoms with Crippen LogP contribution in [0.2, 0.25) is 0 Å². The number of aryl methyl sites for hydroxylation is 1. The molecule has 0 fully saturated rings. The minimum absolute atomic E-state index is 0.276. The lowest BCUT2D eigenvalue weighted by Gasteiger charge is -2.37. The molecule has 1 unspecified atom stereocenters. The molecule has 3 heteroatoms. The molecule has 0 spiro atoms. The van der Waals surface area contributed by atoms with Gasteiger partial charge in [-0.05, 0) is 168 Å². The number of nitrogens with zero attached hydrogens (tertiary/aromatic N) is 2. The summed E-state index contributed by atoms with van der Waals surface area (Å²) in [6.45, 7) is 22.6. The van der Waals surface area contributed by atoms with Crippen LogP contribution < -0.4 is 9.80 Å². The molecule has 0 aliphatic heterocycles. The Balaban J connectivity index is 1.16. The van der Waals surface area contributed by atoms with Gasteiger partial charge >= 0.3 is 0 Å². The zero-order chi connectivity index (χ0) is 41.5. The third-order valence-electron chi connectivity index (χ3n) is 12.7. The predicted molar refractivity (Wildman–Crippen MR) is 256 cm³/mol. The van der Waals surface area contributed by atoms with Crippen molar-refractivity contribution in [1.29, 1.82) is 0 Å². The Kier molecular flexibility index (Phi) is 11.3. The quantitative estimate of drug-likeness (QED) is 0.131. The normalized spacial score (nSPS) is 16.2. The Bertz CT molecular complexity index is 2600. The number of anilines is 3. The van der Waals surface area contributed by atoms with Crippen molar-refractivity contribution in [2.45, 2.75) is 106 Å². The first-order valence-corrected chi connectivity index (χ1v) is 22.0. The van der Waals surface area contributed by atoms with Crippen LogP contribution in [0.5, 0.6) is 0 Å². The van der Waals surface area contributed by atoms with E-state index in [0.717, 1.165) is 63.8 Å². The summed E-state index contributed by atoms with van der Waals surface area (Å²) in [5, 5.41) is 4.74. The minimum atomic E-state index is 0.276. The summed E-state index contributed by atoms with van der Waals surface area (Å²) in [7, 11) is 0. The van der Waals surface area contributed by atoms with Gasteiger partial charge in [0.05, 0.1) is 6.04 Å². The molecule has 0 radical (unpaired) electrons. The van der Waals surface area contributed by atoms with E-state index in [1.165, 1.54) is 50.0 Å². The van der Waals surface area contributed by atoms with Crippen LogP contribution in [-0.2, 0) is 0 Å². The SMILES string of the molecule is C/C(=C\c1cc2oc3cc4cc(N(C5=CC=C(C(C)C)CC5)C5C=CC(C(C)C)=CC5)ccc4cc3c2cc1C)N(c1ccc(C(C)C)cc1)c1ccc(C(C)C)cc1. The summed E-state index contributed by atoms with van der Waals surface area (Å²) in [5.41, 5.74) is 16.0. The minimum Gasteiger partial charge on any atom is -0.456 e. The Morgan fingerprint density at radius 2 is 1.27 bits per heavy atom. The number of benzene rings is 5. The molecular weight excluding hydrogens is 717 g/mol. The van der Waals surface area contributed by atoms with Crippen LogP contribution in [0.25, 0.3) is 38.8 Å². The van der Waals surface area contributed by atoms with Gasteiger partial charge < -0.3 is 14.2 Å². The van der Waals surface area contributed by atoms with Crippen molar-refractivity contribution < 1.29 is 4.42 Å². The number of furan rings is 1. The van der Waals surface area contributed by atoms with Crippen LogP contribution in [0.15, 0.2) is 148 Å². The highest BCUT2D eigenvalue weighted by Crippen LogP contribution is 2.40. The fraction of sp³-hybridized carbons (Fsp3) is 0.321. The van der Waals surface area contributed by atoms with Gasteiger partial charge in [0, 0.05) is 39.2 Å². The molecule has 8 rings (SSSR count). The van der Waals surface area contributed by atoms with Gasteiger partial charge in [0.15, 0.2) is 0 Å². The summed E-state index contributed by atoms with van der Waals surface area (Å²) in [6.07, 6.45) is 17.4. The van der Waals surface area contributed by atoms with E-state index >= 15 is 0 Å². The molecule has 59 heavy (non-hydrogen) atoms. The molecule has 1 aromatic heterocycles. The molecule has 0 saturated heterocycles. The highest BCUT2D eigenvalue weighted by Gasteiger charge is 2.25. The van der Waals surface area contributed by atoms with E-state index in [-0.39, 0.29) is 6.04 Å². The second kappa shape index (κ2) is 16.6. The molecule has 6 aromatic rings. The average molecular weight is 779 g/mol. The molecule has 0 N–H and O–H groups in total. The van der Waals surface area contributed by atoms with Gasteiger partial charge in [-0.3, -0.25) is 0 Å². The van der Waals surface area contributed by atoms with Crippen molar-refractivity contribution >= 4 is 55.8 Å². The fourth-order valence-electron chi connectivity index (χ4n) is 8.98. The van der Waals surface area contributed by atoms with Gasteiger partial charge in [0.1, 0.15) is 11.2 Å². The number of allylic oxidation sites excluding steroid dienone is 7. The summed E-state index contributed by atoms with van der Waals surface area (Å²) >= 11 is 0. The molecule has 0 amide bonds. The van der Waals surface area contributed by atoms with Crippen LogP contribution in [0.1, 0.15) is 116 Å². The predicted octanol–water partition coefficient (Wildman–Crippen LogP) is 16.5. The van der Waals surface area contributed by atoms with Crippen molar-refractivity contribution in [2.24, 2.45) is 11.8 Å². The van der Waals surface area contributed by atoms with Crippen LogP contribution in [0.4, 0.5) is 17.1 Å². The zero-order valence-electron chi connectivity index (χ0n) is 36.9. The van der Waals surface area contributed by atoms with Crippen molar-refractivity contribution in [1.82, 2.24) is 0 Å². The monoisotopic (exact) mass is 778 g/mol. The van der Waals surface area contributed by atoms with Gasteiger partial charge in [-0.15, -0.1) is 0 Å². The topological polar surface area (TPSA) is 19.6 Å². The number of fused-ring (bicyclic) bond motifs is 4. The fourth-order valence-corrected chi connectivity index (χ4v) is 8.98. The lowest BCUT2D eigenvalue weighted by atomic mass is 9.90. The molecule has 0 saturated carbocycles. The maximum atomic E-state index is 6.75. The average Bonchev–Trinajstić information content (AvgIpc) is 3.56. The Morgan fingerprint density at radius 1 is 0.644 bits per heavy atom. The van der Waals surface area contributed by atoms with Crippen molar-refractivity contribution in [2.75, 3.05) is 9.80 Å². The van der Waals surface area contributed by atoms with Crippen LogP contribution in [-0.4, -0.2) is 6.04 Å². The molecule has 5 aromatic carbocycles. The molecule has 2 aliphatic rings. The van der Waals surface area contributed by atoms with E-state index in [9.17, 15) is 0 Å². The van der Waals surface area contributed by atoms with Crippen molar-refractivity contribution in [3.63, 3.8) is 0 Å². The third-order valence-corrected chi connectivity index (χ3v) is 12.7. The van der Waals surface area contributed by atoms with E-state index in [2.05, 4.69) is 206 Å². The second-order valence-electron chi connectivity index (χ2n) is 18.2. The highest BCUT2D eigenvalue weighted by atomic mass is 16.3. The first kappa shape index (κ1) is 40.2. The summed E-state index contributed by atoms with van der Waals surface area (Å²) in [6, 6.07) is 34.5. The molecule has 302 valence electrons. The van der Waals surface area contributed by atoms with Gasteiger partial charge in [-0.2, -0.15) is 0 Å². The van der Waals surface area contributed by atoms with E-state index < -0.39 is 0 Å². The Morgan fingerprint density at radius 3 is 1.83 bits per heavy atom. The molecule has 1 heterocycles. The molecule has 2 aliphatic carbocycles. The zero-order valence-corrected chi connectivity index (χ0v) is 36.9. The number of hydrogen-bond acceptors (Lipinski definition) is 3. The molecule has 0 bridgehead atoms. The lowest BCUT2D eigenvalue weighted by Crippen LogP contribution is -2.34. The van der Waals surface area contributed by atoms with Crippen LogP contribution >= 0.6 is 0 Å². The molecule has 1 atom stereocenters.